The molecule has 1 heterocycles. The van der Waals surface area contributed by atoms with Crippen molar-refractivity contribution in [2.24, 2.45) is 5.73 Å². The van der Waals surface area contributed by atoms with Crippen LogP contribution in [-0.2, 0) is 11.2 Å². The van der Waals surface area contributed by atoms with E-state index in [9.17, 15) is 4.79 Å². The number of hydrogen-bond donors (Lipinski definition) is 3. The van der Waals surface area contributed by atoms with Crippen molar-refractivity contribution in [2.45, 2.75) is 33.1 Å². The Morgan fingerprint density at radius 2 is 1.94 bits per heavy atom. The summed E-state index contributed by atoms with van der Waals surface area (Å²) in [6, 6.07) is 1.84. The number of carbonyl (C=O) groups excluding carboxylic acids is 1. The minimum Gasteiger partial charge on any atom is -0.370 e. The number of nitrogens with one attached hydrogen (secondary N) is 2. The van der Waals surface area contributed by atoms with Crippen molar-refractivity contribution in [1.82, 2.24) is 9.97 Å². The summed E-state index contributed by atoms with van der Waals surface area (Å²) < 4.78 is 0. The molecular weight excluding hydrogens is 230 g/mol. The molecule has 0 spiro atoms. The third-order valence-corrected chi connectivity index (χ3v) is 2.28. The standard InChI is InChI=1S/C12H21N5O/c1-3-5-10-16-11(14-4-2)8-12(17-10)15-7-6-9(13)18/h8H,3-7H2,1-2H3,(H2,13,18)(H2,14,15,16,17). The van der Waals surface area contributed by atoms with Crippen LogP contribution in [0.25, 0.3) is 0 Å². The van der Waals surface area contributed by atoms with E-state index in [1.54, 1.807) is 0 Å². The predicted molar refractivity (Wildman–Crippen MR) is 72.5 cm³/mol. The lowest BCUT2D eigenvalue weighted by molar-refractivity contribution is -0.117. The second-order valence-electron chi connectivity index (χ2n) is 3.98. The molecule has 0 aliphatic heterocycles. The second kappa shape index (κ2) is 7.47. The Morgan fingerprint density at radius 3 is 2.50 bits per heavy atom. The van der Waals surface area contributed by atoms with E-state index in [1.165, 1.54) is 0 Å². The zero-order valence-corrected chi connectivity index (χ0v) is 11.0. The minimum absolute atomic E-state index is 0.295. The third kappa shape index (κ3) is 4.99. The SMILES string of the molecule is CCCc1nc(NCC)cc(NCCC(N)=O)n1. The molecule has 0 aliphatic rings. The lowest BCUT2D eigenvalue weighted by Gasteiger charge is -2.09. The van der Waals surface area contributed by atoms with Crippen LogP contribution < -0.4 is 16.4 Å². The van der Waals surface area contributed by atoms with Gasteiger partial charge in [0.2, 0.25) is 5.91 Å². The smallest absolute Gasteiger partial charge is 0.219 e. The van der Waals surface area contributed by atoms with Gasteiger partial charge in [0.1, 0.15) is 17.5 Å². The summed E-state index contributed by atoms with van der Waals surface area (Å²) in [6.45, 7) is 5.40. The molecule has 0 aromatic carbocycles. The summed E-state index contributed by atoms with van der Waals surface area (Å²) in [4.78, 5) is 19.5. The Bertz CT molecular complexity index is 370. The van der Waals surface area contributed by atoms with Crippen LogP contribution in [0.4, 0.5) is 11.6 Å². The van der Waals surface area contributed by atoms with Crippen molar-refractivity contribution in [3.05, 3.63) is 11.9 Å². The number of anilines is 2. The Balaban J connectivity index is 2.71. The van der Waals surface area contributed by atoms with Gasteiger partial charge in [-0.3, -0.25) is 4.79 Å². The molecule has 0 bridgehead atoms. The molecule has 1 aromatic heterocycles. The van der Waals surface area contributed by atoms with Crippen LogP contribution >= 0.6 is 0 Å². The Morgan fingerprint density at radius 1 is 1.28 bits per heavy atom. The van der Waals surface area contributed by atoms with Crippen LogP contribution in [-0.4, -0.2) is 29.0 Å². The van der Waals surface area contributed by atoms with Gasteiger partial charge >= 0.3 is 0 Å². The summed E-state index contributed by atoms with van der Waals surface area (Å²) in [7, 11) is 0. The van der Waals surface area contributed by atoms with Crippen molar-refractivity contribution in [3.8, 4) is 0 Å². The molecule has 4 N–H and O–H groups in total. The van der Waals surface area contributed by atoms with Crippen molar-refractivity contribution in [2.75, 3.05) is 23.7 Å². The maximum Gasteiger partial charge on any atom is 0.219 e. The highest BCUT2D eigenvalue weighted by atomic mass is 16.1. The number of aromatic nitrogens is 2. The van der Waals surface area contributed by atoms with Gasteiger partial charge < -0.3 is 16.4 Å². The molecule has 6 heteroatoms. The first-order chi connectivity index (χ1) is 8.65. The molecule has 0 radical (unpaired) electrons. The molecule has 0 saturated heterocycles. The number of hydrogen-bond acceptors (Lipinski definition) is 5. The Kier molecular flexibility index (Phi) is 5.90. The molecule has 100 valence electrons. The van der Waals surface area contributed by atoms with Crippen LogP contribution in [0.15, 0.2) is 6.07 Å². The number of primary amides is 1. The van der Waals surface area contributed by atoms with Crippen LogP contribution in [0.1, 0.15) is 32.5 Å². The van der Waals surface area contributed by atoms with Crippen molar-refractivity contribution >= 4 is 17.5 Å². The van der Waals surface area contributed by atoms with E-state index in [2.05, 4.69) is 27.5 Å². The molecule has 1 amide bonds. The fraction of sp³-hybridized carbons (Fsp3) is 0.583. The molecule has 0 saturated carbocycles. The summed E-state index contributed by atoms with van der Waals surface area (Å²) in [5.74, 6) is 2.01. The highest BCUT2D eigenvalue weighted by Gasteiger charge is 2.04. The summed E-state index contributed by atoms with van der Waals surface area (Å²) >= 11 is 0. The molecule has 6 nitrogen and oxygen atoms in total. The lowest BCUT2D eigenvalue weighted by atomic mass is 10.3. The molecule has 0 aliphatic carbocycles. The fourth-order valence-corrected chi connectivity index (χ4v) is 1.51. The highest BCUT2D eigenvalue weighted by molar-refractivity contribution is 5.74. The van der Waals surface area contributed by atoms with Gasteiger partial charge in [0.15, 0.2) is 0 Å². The second-order valence-corrected chi connectivity index (χ2v) is 3.98. The van der Waals surface area contributed by atoms with E-state index >= 15 is 0 Å². The van der Waals surface area contributed by atoms with Crippen LogP contribution in [0.5, 0.6) is 0 Å². The van der Waals surface area contributed by atoms with E-state index in [4.69, 9.17) is 5.73 Å². The van der Waals surface area contributed by atoms with Crippen LogP contribution in [0.3, 0.4) is 0 Å². The van der Waals surface area contributed by atoms with Crippen LogP contribution in [0, 0.1) is 0 Å². The monoisotopic (exact) mass is 251 g/mol. The van der Waals surface area contributed by atoms with E-state index in [0.29, 0.717) is 13.0 Å². The van der Waals surface area contributed by atoms with Gasteiger partial charge in [-0.2, -0.15) is 0 Å². The first-order valence-corrected chi connectivity index (χ1v) is 6.29. The van der Waals surface area contributed by atoms with Gasteiger partial charge in [-0.1, -0.05) is 6.92 Å². The van der Waals surface area contributed by atoms with Gasteiger partial charge in [-0.25, -0.2) is 9.97 Å². The first kappa shape index (κ1) is 14.2. The van der Waals surface area contributed by atoms with Gasteiger partial charge in [0.05, 0.1) is 0 Å². The fourth-order valence-electron chi connectivity index (χ4n) is 1.51. The molecule has 0 atom stereocenters. The van der Waals surface area contributed by atoms with Crippen LogP contribution in [0.2, 0.25) is 0 Å². The van der Waals surface area contributed by atoms with E-state index in [-0.39, 0.29) is 5.91 Å². The van der Waals surface area contributed by atoms with E-state index in [1.807, 2.05) is 13.0 Å². The molecular formula is C12H21N5O. The Labute approximate surface area is 107 Å². The highest BCUT2D eigenvalue weighted by Crippen LogP contribution is 2.12. The largest absolute Gasteiger partial charge is 0.370 e. The predicted octanol–water partition coefficient (Wildman–Crippen LogP) is 1.15. The average Bonchev–Trinajstić information content (AvgIpc) is 2.29. The Hall–Kier alpha value is -1.85. The van der Waals surface area contributed by atoms with E-state index in [0.717, 1.165) is 36.8 Å². The number of nitrogens with two attached hydrogens (primary N) is 1. The van der Waals surface area contributed by atoms with Gasteiger partial charge in [-0.05, 0) is 13.3 Å². The maximum atomic E-state index is 10.7. The quantitative estimate of drug-likeness (QED) is 0.644. The minimum atomic E-state index is -0.322. The van der Waals surface area contributed by atoms with Gasteiger partial charge in [0, 0.05) is 32.0 Å². The molecule has 1 aromatic rings. The van der Waals surface area contributed by atoms with Crippen molar-refractivity contribution in [3.63, 3.8) is 0 Å². The molecule has 18 heavy (non-hydrogen) atoms. The third-order valence-electron chi connectivity index (χ3n) is 2.28. The number of rotatable bonds is 8. The first-order valence-electron chi connectivity index (χ1n) is 6.29. The summed E-state index contributed by atoms with van der Waals surface area (Å²) in [5.41, 5.74) is 5.09. The maximum absolute atomic E-state index is 10.7. The number of carbonyl (C=O) groups is 1. The van der Waals surface area contributed by atoms with E-state index < -0.39 is 0 Å². The normalized spacial score (nSPS) is 10.1. The molecule has 0 fully saturated rings. The summed E-state index contributed by atoms with van der Waals surface area (Å²) in [6.07, 6.45) is 2.13. The number of nitrogens with zero attached hydrogens (tertiary/aromatic N) is 2. The molecule has 0 unspecified atom stereocenters. The van der Waals surface area contributed by atoms with Gasteiger partial charge in [0.25, 0.3) is 0 Å². The average molecular weight is 251 g/mol. The molecule has 1 rings (SSSR count). The summed E-state index contributed by atoms with van der Waals surface area (Å²) in [5, 5.41) is 6.24. The van der Waals surface area contributed by atoms with Crippen molar-refractivity contribution < 1.29 is 4.79 Å². The zero-order valence-electron chi connectivity index (χ0n) is 11.0. The zero-order chi connectivity index (χ0) is 13.4. The topological polar surface area (TPSA) is 92.9 Å². The lowest BCUT2D eigenvalue weighted by Crippen LogP contribution is -2.16. The number of aryl methyl sites for hydroxylation is 1. The van der Waals surface area contributed by atoms with Gasteiger partial charge in [-0.15, -0.1) is 0 Å². The number of amides is 1. The van der Waals surface area contributed by atoms with Crippen molar-refractivity contribution in [1.29, 1.82) is 0 Å².